The highest BCUT2D eigenvalue weighted by molar-refractivity contribution is 6.31. The van der Waals surface area contributed by atoms with Crippen LogP contribution in [0.2, 0.25) is 5.02 Å². The summed E-state index contributed by atoms with van der Waals surface area (Å²) in [4.78, 5) is 16.8. The van der Waals surface area contributed by atoms with Crippen LogP contribution in [0.15, 0.2) is 47.1 Å². The summed E-state index contributed by atoms with van der Waals surface area (Å²) >= 11 is 6.60. The summed E-state index contributed by atoms with van der Waals surface area (Å²) in [6, 6.07) is 11.1. The Morgan fingerprint density at radius 3 is 2.58 bits per heavy atom. The molecule has 0 saturated carbocycles. The first kappa shape index (κ1) is 21.5. The smallest absolute Gasteiger partial charge is 0.289 e. The molecule has 0 aliphatic carbocycles. The molecule has 1 saturated heterocycles. The van der Waals surface area contributed by atoms with Crippen LogP contribution in [0.25, 0.3) is 0 Å². The number of furan rings is 1. The Labute approximate surface area is 186 Å². The Kier molecular flexibility index (Phi) is 6.67. The fraction of sp³-hybridized carbons (Fsp3) is 0.455. The van der Waals surface area contributed by atoms with Crippen molar-refractivity contribution >= 4 is 17.5 Å². The van der Waals surface area contributed by atoms with E-state index in [0.29, 0.717) is 42.9 Å². The highest BCUT2D eigenvalue weighted by Gasteiger charge is 2.33. The number of amides is 1. The van der Waals surface area contributed by atoms with Gasteiger partial charge in [-0.2, -0.15) is 0 Å². The second-order valence-electron chi connectivity index (χ2n) is 8.17. The number of hydrogen-bond donors (Lipinski definition) is 0. The summed E-state index contributed by atoms with van der Waals surface area (Å²) < 4.78 is 7.16. The van der Waals surface area contributed by atoms with E-state index in [0.717, 1.165) is 24.4 Å². The molecular formula is C22H27ClN6O2. The van der Waals surface area contributed by atoms with E-state index in [4.69, 9.17) is 16.0 Å². The van der Waals surface area contributed by atoms with Crippen molar-refractivity contribution in [2.24, 2.45) is 5.92 Å². The molecule has 1 fully saturated rings. The van der Waals surface area contributed by atoms with Gasteiger partial charge in [-0.15, -0.1) is 5.10 Å². The van der Waals surface area contributed by atoms with Gasteiger partial charge in [-0.05, 0) is 46.5 Å². The SMILES string of the molecule is CC(C)CCn1nnnc1[C@H](c1ccccc1Cl)N1CCN(C(=O)c2ccco2)CC1. The van der Waals surface area contributed by atoms with Crippen molar-refractivity contribution in [1.82, 2.24) is 30.0 Å². The highest BCUT2D eigenvalue weighted by Crippen LogP contribution is 2.33. The number of hydrogen-bond acceptors (Lipinski definition) is 6. The molecule has 4 rings (SSSR count). The van der Waals surface area contributed by atoms with Crippen LogP contribution in [0, 0.1) is 5.92 Å². The summed E-state index contributed by atoms with van der Waals surface area (Å²) in [5, 5.41) is 13.3. The number of benzene rings is 1. The van der Waals surface area contributed by atoms with Crippen molar-refractivity contribution < 1.29 is 9.21 Å². The van der Waals surface area contributed by atoms with Gasteiger partial charge in [-0.25, -0.2) is 4.68 Å². The van der Waals surface area contributed by atoms with Crippen LogP contribution in [0.5, 0.6) is 0 Å². The van der Waals surface area contributed by atoms with Crippen LogP contribution < -0.4 is 0 Å². The highest BCUT2D eigenvalue weighted by atomic mass is 35.5. The molecule has 31 heavy (non-hydrogen) atoms. The minimum absolute atomic E-state index is 0.0827. The zero-order valence-electron chi connectivity index (χ0n) is 17.8. The van der Waals surface area contributed by atoms with Crippen molar-refractivity contribution in [3.05, 3.63) is 64.8 Å². The molecule has 2 aromatic heterocycles. The van der Waals surface area contributed by atoms with E-state index in [1.807, 2.05) is 33.8 Å². The standard InChI is InChI=1S/C22H27ClN6O2/c1-16(2)9-10-29-21(24-25-26-29)20(17-6-3-4-7-18(17)23)27-11-13-28(14-12-27)22(30)19-8-5-15-31-19/h3-8,15-16,20H,9-14H2,1-2H3/t20-/m0/s1. The topological polar surface area (TPSA) is 80.3 Å². The van der Waals surface area contributed by atoms with Crippen LogP contribution in [-0.4, -0.2) is 62.1 Å². The van der Waals surface area contributed by atoms with Crippen molar-refractivity contribution in [3.8, 4) is 0 Å². The van der Waals surface area contributed by atoms with Crippen molar-refractivity contribution in [1.29, 1.82) is 0 Å². The summed E-state index contributed by atoms with van der Waals surface area (Å²) in [6.07, 6.45) is 2.51. The number of nitrogens with zero attached hydrogens (tertiary/aromatic N) is 6. The number of tetrazole rings is 1. The third-order valence-corrected chi connectivity index (χ3v) is 5.97. The fourth-order valence-electron chi connectivity index (χ4n) is 3.88. The average Bonchev–Trinajstić information content (AvgIpc) is 3.46. The Balaban J connectivity index is 1.58. The number of piperazine rings is 1. The molecule has 0 radical (unpaired) electrons. The van der Waals surface area contributed by atoms with Gasteiger partial charge in [0.2, 0.25) is 0 Å². The maximum absolute atomic E-state index is 12.6. The molecule has 1 aliphatic heterocycles. The number of carbonyl (C=O) groups is 1. The first-order valence-corrected chi connectivity index (χ1v) is 11.0. The number of aryl methyl sites for hydroxylation is 1. The van der Waals surface area contributed by atoms with E-state index in [1.165, 1.54) is 6.26 Å². The first-order valence-electron chi connectivity index (χ1n) is 10.6. The van der Waals surface area contributed by atoms with Gasteiger partial charge in [-0.3, -0.25) is 9.69 Å². The molecule has 0 N–H and O–H groups in total. The van der Waals surface area contributed by atoms with Gasteiger partial charge >= 0.3 is 0 Å². The third kappa shape index (κ3) is 4.80. The molecule has 9 heteroatoms. The second-order valence-corrected chi connectivity index (χ2v) is 8.58. The van der Waals surface area contributed by atoms with Crippen molar-refractivity contribution in [2.45, 2.75) is 32.9 Å². The van der Waals surface area contributed by atoms with E-state index in [1.54, 1.807) is 12.1 Å². The van der Waals surface area contributed by atoms with E-state index in [9.17, 15) is 4.79 Å². The minimum atomic E-state index is -0.184. The van der Waals surface area contributed by atoms with E-state index in [-0.39, 0.29) is 11.9 Å². The van der Waals surface area contributed by atoms with Crippen LogP contribution >= 0.6 is 11.6 Å². The van der Waals surface area contributed by atoms with Crippen LogP contribution in [0.3, 0.4) is 0 Å². The lowest BCUT2D eigenvalue weighted by atomic mass is 10.0. The van der Waals surface area contributed by atoms with Gasteiger partial charge < -0.3 is 9.32 Å². The Hall–Kier alpha value is -2.71. The van der Waals surface area contributed by atoms with Crippen LogP contribution in [0.1, 0.15) is 48.3 Å². The fourth-order valence-corrected chi connectivity index (χ4v) is 4.12. The van der Waals surface area contributed by atoms with Gasteiger partial charge in [0.1, 0.15) is 0 Å². The molecule has 1 aromatic carbocycles. The number of halogens is 1. The Bertz CT molecular complexity index is 995. The number of rotatable bonds is 7. The Morgan fingerprint density at radius 2 is 1.90 bits per heavy atom. The van der Waals surface area contributed by atoms with E-state index >= 15 is 0 Å². The lowest BCUT2D eigenvalue weighted by molar-refractivity contribution is 0.0559. The first-order chi connectivity index (χ1) is 15.0. The molecule has 1 atom stereocenters. The lowest BCUT2D eigenvalue weighted by Crippen LogP contribution is -2.50. The largest absolute Gasteiger partial charge is 0.459 e. The predicted molar refractivity (Wildman–Crippen MR) is 117 cm³/mol. The molecule has 0 spiro atoms. The molecule has 3 heterocycles. The van der Waals surface area contributed by atoms with Gasteiger partial charge in [0.15, 0.2) is 11.6 Å². The Morgan fingerprint density at radius 1 is 1.13 bits per heavy atom. The molecule has 0 unspecified atom stereocenters. The zero-order valence-corrected chi connectivity index (χ0v) is 18.6. The summed E-state index contributed by atoms with van der Waals surface area (Å²) in [6.45, 7) is 7.66. The molecular weight excluding hydrogens is 416 g/mol. The van der Waals surface area contributed by atoms with Crippen molar-refractivity contribution in [3.63, 3.8) is 0 Å². The van der Waals surface area contributed by atoms with Gasteiger partial charge in [0.25, 0.3) is 5.91 Å². The monoisotopic (exact) mass is 442 g/mol. The maximum atomic E-state index is 12.6. The summed E-state index contributed by atoms with van der Waals surface area (Å²) in [5.41, 5.74) is 0.968. The summed E-state index contributed by atoms with van der Waals surface area (Å²) in [5.74, 6) is 1.61. The molecule has 8 nitrogen and oxygen atoms in total. The van der Waals surface area contributed by atoms with Gasteiger partial charge in [0.05, 0.1) is 12.3 Å². The maximum Gasteiger partial charge on any atom is 0.289 e. The van der Waals surface area contributed by atoms with Gasteiger partial charge in [-0.1, -0.05) is 43.6 Å². The van der Waals surface area contributed by atoms with E-state index < -0.39 is 0 Å². The lowest BCUT2D eigenvalue weighted by Gasteiger charge is -2.38. The number of carbonyl (C=O) groups excluding carboxylic acids is 1. The molecule has 1 amide bonds. The third-order valence-electron chi connectivity index (χ3n) is 5.62. The predicted octanol–water partition coefficient (Wildman–Crippen LogP) is 3.51. The second kappa shape index (κ2) is 9.62. The normalized spacial score (nSPS) is 16.1. The zero-order chi connectivity index (χ0) is 21.8. The minimum Gasteiger partial charge on any atom is -0.459 e. The molecule has 0 bridgehead atoms. The molecule has 3 aromatic rings. The van der Waals surface area contributed by atoms with Gasteiger partial charge in [0, 0.05) is 37.7 Å². The van der Waals surface area contributed by atoms with Crippen LogP contribution in [-0.2, 0) is 6.54 Å². The summed E-state index contributed by atoms with van der Waals surface area (Å²) in [7, 11) is 0. The van der Waals surface area contributed by atoms with Crippen LogP contribution in [0.4, 0.5) is 0 Å². The molecule has 1 aliphatic rings. The quantitative estimate of drug-likeness (QED) is 0.557. The van der Waals surface area contributed by atoms with Crippen molar-refractivity contribution in [2.75, 3.05) is 26.2 Å². The number of aromatic nitrogens is 4. The van der Waals surface area contributed by atoms with E-state index in [2.05, 4.69) is 34.3 Å². The average molecular weight is 443 g/mol. The molecule has 164 valence electrons.